The van der Waals surface area contributed by atoms with Crippen molar-refractivity contribution in [2.24, 2.45) is 16.6 Å². The van der Waals surface area contributed by atoms with Crippen LogP contribution < -0.4 is 10.5 Å². The molecule has 3 aliphatic rings. The number of amidine groups is 1. The molecule has 0 saturated heterocycles. The van der Waals surface area contributed by atoms with Gasteiger partial charge in [-0.1, -0.05) is 17.8 Å². The predicted octanol–water partition coefficient (Wildman–Crippen LogP) is 3.07. The van der Waals surface area contributed by atoms with Gasteiger partial charge in [-0.05, 0) is 49.1 Å². The van der Waals surface area contributed by atoms with Crippen molar-refractivity contribution in [3.63, 3.8) is 0 Å². The van der Waals surface area contributed by atoms with Crippen LogP contribution >= 0.6 is 11.8 Å². The monoisotopic (exact) mass is 385 g/mol. The van der Waals surface area contributed by atoms with Gasteiger partial charge in [0.2, 0.25) is 5.95 Å². The molecule has 0 radical (unpaired) electrons. The van der Waals surface area contributed by atoms with E-state index in [0.29, 0.717) is 22.9 Å². The molecule has 1 aliphatic carbocycles. The minimum atomic E-state index is -0.539. The quantitative estimate of drug-likeness (QED) is 0.738. The van der Waals surface area contributed by atoms with Crippen LogP contribution in [0, 0.1) is 11.9 Å². The second kappa shape index (κ2) is 6.21. The molecule has 140 valence electrons. The van der Waals surface area contributed by atoms with E-state index in [0.717, 1.165) is 29.7 Å². The van der Waals surface area contributed by atoms with Gasteiger partial charge in [0.1, 0.15) is 17.4 Å². The van der Waals surface area contributed by atoms with Crippen LogP contribution in [0.1, 0.15) is 24.8 Å². The number of nitrogens with two attached hydrogens (primary N) is 1. The lowest BCUT2D eigenvalue weighted by atomic mass is 9.68. The van der Waals surface area contributed by atoms with Crippen LogP contribution in [0.2, 0.25) is 0 Å². The number of hydrogen-bond donors (Lipinski definition) is 2. The summed E-state index contributed by atoms with van der Waals surface area (Å²) in [5.74, 6) is 1.04. The Morgan fingerprint density at radius 2 is 2.19 bits per heavy atom. The predicted molar refractivity (Wildman–Crippen MR) is 103 cm³/mol. The summed E-state index contributed by atoms with van der Waals surface area (Å²) in [5.41, 5.74) is 7.64. The Balaban J connectivity index is 1.68. The molecule has 27 heavy (non-hydrogen) atoms. The van der Waals surface area contributed by atoms with Gasteiger partial charge in [-0.15, -0.1) is 0 Å². The van der Waals surface area contributed by atoms with Gasteiger partial charge in [0.25, 0.3) is 0 Å². The lowest BCUT2D eigenvalue weighted by Crippen LogP contribution is -2.51. The van der Waals surface area contributed by atoms with Gasteiger partial charge in [0, 0.05) is 29.0 Å². The van der Waals surface area contributed by atoms with Crippen molar-refractivity contribution >= 4 is 16.9 Å². The molecule has 2 aliphatic heterocycles. The first-order chi connectivity index (χ1) is 13.1. The molecule has 0 unspecified atom stereocenters. The smallest absolute Gasteiger partial charge is 0.220 e. The minimum absolute atomic E-state index is 0.0112. The SMILES string of the molecule is NC1=N[C@@]2(CS1)c1cc(-c3cccnc3F)ccc1O[C@H]1CC[C@H](O)C[C@@H]12. The maximum absolute atomic E-state index is 14.2. The molecule has 3 heterocycles. The molecule has 3 N–H and O–H groups in total. The van der Waals surface area contributed by atoms with E-state index in [1.807, 2.05) is 18.2 Å². The first-order valence-electron chi connectivity index (χ1n) is 9.15. The number of aromatic nitrogens is 1. The molecule has 7 heteroatoms. The van der Waals surface area contributed by atoms with Crippen molar-refractivity contribution in [3.05, 3.63) is 48.0 Å². The molecule has 1 fully saturated rings. The molecule has 1 aromatic carbocycles. The number of thioether (sulfide) groups is 1. The Morgan fingerprint density at radius 1 is 1.30 bits per heavy atom. The van der Waals surface area contributed by atoms with Gasteiger partial charge in [0.15, 0.2) is 5.17 Å². The first-order valence-corrected chi connectivity index (χ1v) is 10.1. The highest BCUT2D eigenvalue weighted by atomic mass is 32.2. The zero-order valence-electron chi connectivity index (χ0n) is 14.6. The fraction of sp³-hybridized carbons (Fsp3) is 0.400. The van der Waals surface area contributed by atoms with E-state index in [4.69, 9.17) is 15.5 Å². The summed E-state index contributed by atoms with van der Waals surface area (Å²) in [4.78, 5) is 8.62. The fourth-order valence-corrected chi connectivity index (χ4v) is 5.67. The van der Waals surface area contributed by atoms with E-state index in [2.05, 4.69) is 4.98 Å². The number of ether oxygens (including phenoxy) is 1. The summed E-state index contributed by atoms with van der Waals surface area (Å²) >= 11 is 1.53. The minimum Gasteiger partial charge on any atom is -0.490 e. The number of hydrogen-bond acceptors (Lipinski definition) is 6. The number of rotatable bonds is 1. The standard InChI is InChI=1S/C20H20FN3O2S/c21-18-13(2-1-7-23-18)11-3-5-16-14(8-11)20(10-27-19(22)24-20)15-9-12(25)4-6-17(15)26-16/h1-3,5,7-8,12,15,17,25H,4,6,9-10H2,(H2,22,24)/t12-,15-,17-,20-/m0/s1. The molecule has 0 amide bonds. The summed E-state index contributed by atoms with van der Waals surface area (Å²) in [6, 6.07) is 9.15. The maximum Gasteiger partial charge on any atom is 0.220 e. The second-order valence-corrected chi connectivity index (χ2v) is 8.44. The highest BCUT2D eigenvalue weighted by Crippen LogP contribution is 2.54. The third-order valence-corrected chi connectivity index (χ3v) is 6.89. The number of halogens is 1. The van der Waals surface area contributed by atoms with Crippen LogP contribution in [0.15, 0.2) is 41.5 Å². The van der Waals surface area contributed by atoms with Crippen molar-refractivity contribution in [2.45, 2.75) is 37.0 Å². The first kappa shape index (κ1) is 17.0. The fourth-order valence-electron chi connectivity index (χ4n) is 4.64. The molecule has 2 aromatic rings. The van der Waals surface area contributed by atoms with Gasteiger partial charge < -0.3 is 15.6 Å². The number of aliphatic imine (C=N–C) groups is 1. The molecule has 1 aromatic heterocycles. The van der Waals surface area contributed by atoms with Crippen LogP contribution in [0.3, 0.4) is 0 Å². The van der Waals surface area contributed by atoms with Crippen molar-refractivity contribution < 1.29 is 14.2 Å². The highest BCUT2D eigenvalue weighted by Gasteiger charge is 2.54. The van der Waals surface area contributed by atoms with Gasteiger partial charge in [-0.25, -0.2) is 9.98 Å². The maximum atomic E-state index is 14.2. The van der Waals surface area contributed by atoms with Crippen molar-refractivity contribution in [3.8, 4) is 16.9 Å². The zero-order chi connectivity index (χ0) is 18.6. The molecule has 1 saturated carbocycles. The molecular weight excluding hydrogens is 365 g/mol. The Hall–Kier alpha value is -2.12. The summed E-state index contributed by atoms with van der Waals surface area (Å²) < 4.78 is 20.5. The van der Waals surface area contributed by atoms with Crippen LogP contribution in [0.4, 0.5) is 4.39 Å². The van der Waals surface area contributed by atoms with Gasteiger partial charge in [-0.3, -0.25) is 0 Å². The second-order valence-electron chi connectivity index (χ2n) is 7.45. The lowest BCUT2D eigenvalue weighted by Gasteiger charge is -2.48. The number of aliphatic hydroxyl groups excluding tert-OH is 1. The van der Waals surface area contributed by atoms with Crippen LogP contribution in [0.25, 0.3) is 11.1 Å². The van der Waals surface area contributed by atoms with Crippen molar-refractivity contribution in [2.75, 3.05) is 5.75 Å². The van der Waals surface area contributed by atoms with Crippen molar-refractivity contribution in [1.29, 1.82) is 0 Å². The Kier molecular flexibility index (Phi) is 3.91. The molecule has 1 spiro atoms. The van der Waals surface area contributed by atoms with Crippen molar-refractivity contribution in [1.82, 2.24) is 4.98 Å². The third-order valence-electron chi connectivity index (χ3n) is 5.92. The average molecular weight is 385 g/mol. The van der Waals surface area contributed by atoms with E-state index in [1.54, 1.807) is 12.1 Å². The van der Waals surface area contributed by atoms with Crippen LogP contribution in [-0.2, 0) is 5.54 Å². The number of nitrogens with zero attached hydrogens (tertiary/aromatic N) is 2. The number of benzene rings is 1. The molecule has 5 rings (SSSR count). The summed E-state index contributed by atoms with van der Waals surface area (Å²) in [7, 11) is 0. The number of aliphatic hydroxyl groups is 1. The van der Waals surface area contributed by atoms with Gasteiger partial charge in [-0.2, -0.15) is 4.39 Å². The topological polar surface area (TPSA) is 80.7 Å². The molecule has 4 atom stereocenters. The molecular formula is C20H20FN3O2S. The van der Waals surface area contributed by atoms with Gasteiger partial charge >= 0.3 is 0 Å². The molecule has 5 nitrogen and oxygen atoms in total. The Labute approximate surface area is 160 Å². The Morgan fingerprint density at radius 3 is 2.96 bits per heavy atom. The van der Waals surface area contributed by atoms with E-state index >= 15 is 0 Å². The van der Waals surface area contributed by atoms with E-state index < -0.39 is 11.5 Å². The lowest BCUT2D eigenvalue weighted by molar-refractivity contribution is -0.0236. The average Bonchev–Trinajstić information content (AvgIpc) is 3.06. The largest absolute Gasteiger partial charge is 0.490 e. The van der Waals surface area contributed by atoms with E-state index in [-0.39, 0.29) is 18.1 Å². The summed E-state index contributed by atoms with van der Waals surface area (Å²) in [5, 5.41) is 10.8. The normalized spacial score (nSPS) is 31.8. The summed E-state index contributed by atoms with van der Waals surface area (Å²) in [6.07, 6.45) is 3.26. The highest BCUT2D eigenvalue weighted by molar-refractivity contribution is 8.14. The number of pyridine rings is 1. The van der Waals surface area contributed by atoms with Crippen LogP contribution in [-0.4, -0.2) is 33.2 Å². The number of fused-ring (bicyclic) bond motifs is 4. The molecule has 0 bridgehead atoms. The third kappa shape index (κ3) is 2.63. The van der Waals surface area contributed by atoms with E-state index in [9.17, 15) is 9.50 Å². The van der Waals surface area contributed by atoms with Crippen LogP contribution in [0.5, 0.6) is 5.75 Å². The summed E-state index contributed by atoms with van der Waals surface area (Å²) in [6.45, 7) is 0. The van der Waals surface area contributed by atoms with Gasteiger partial charge in [0.05, 0.1) is 6.10 Å². The Bertz CT molecular complexity index is 937. The van der Waals surface area contributed by atoms with E-state index in [1.165, 1.54) is 18.0 Å². The zero-order valence-corrected chi connectivity index (χ0v) is 15.5.